The fourth-order valence-corrected chi connectivity index (χ4v) is 4.35. The number of thioether (sulfide) groups is 1. The number of carbonyl (C=O) groups is 3. The van der Waals surface area contributed by atoms with Crippen LogP contribution in [0.25, 0.3) is 0 Å². The van der Waals surface area contributed by atoms with Crippen LogP contribution < -0.4 is 5.32 Å². The number of carbonyl (C=O) groups excluding carboxylic acids is 3. The minimum atomic E-state index is -0.579. The molecule has 1 aromatic heterocycles. The predicted octanol–water partition coefficient (Wildman–Crippen LogP) is 1.07. The van der Waals surface area contributed by atoms with E-state index >= 15 is 0 Å². The molecule has 1 aliphatic carbocycles. The maximum absolute atomic E-state index is 12.5. The van der Waals surface area contributed by atoms with Gasteiger partial charge in [0.2, 0.25) is 5.91 Å². The van der Waals surface area contributed by atoms with Gasteiger partial charge in [-0.1, -0.05) is 0 Å². The number of nitrogens with one attached hydrogen (secondary N) is 1. The Hall–Kier alpha value is -1.76. The first-order chi connectivity index (χ1) is 11.6. The molecule has 0 bridgehead atoms. The van der Waals surface area contributed by atoms with E-state index in [1.807, 2.05) is 16.7 Å². The van der Waals surface area contributed by atoms with Gasteiger partial charge in [-0.15, -0.1) is 0 Å². The number of Topliss-reactive ketones (excluding diaryl/α,β-unsaturated/α-hetero) is 1. The van der Waals surface area contributed by atoms with E-state index in [1.54, 1.807) is 29.9 Å². The first-order valence-electron chi connectivity index (χ1n) is 8.39. The molecule has 2 fully saturated rings. The number of hydrogen-bond acceptors (Lipinski definition) is 4. The van der Waals surface area contributed by atoms with Crippen LogP contribution in [-0.2, 0) is 16.6 Å². The number of amides is 2. The first-order valence-corrected chi connectivity index (χ1v) is 9.55. The Morgan fingerprint density at radius 1 is 1.21 bits per heavy atom. The normalized spacial score (nSPS) is 24.0. The highest BCUT2D eigenvalue weighted by Gasteiger charge is 2.34. The van der Waals surface area contributed by atoms with E-state index in [4.69, 9.17) is 0 Å². The number of aryl methyl sites for hydroxylation is 1. The summed E-state index contributed by atoms with van der Waals surface area (Å²) in [6, 6.07) is 3.29. The number of nitrogens with zero attached hydrogens (tertiary/aromatic N) is 2. The van der Waals surface area contributed by atoms with Crippen molar-refractivity contribution in [3.63, 3.8) is 0 Å². The average Bonchev–Trinajstić information content (AvgIpc) is 3.23. The first kappa shape index (κ1) is 17.1. The third-order valence-electron chi connectivity index (χ3n) is 4.82. The van der Waals surface area contributed by atoms with Gasteiger partial charge in [0.1, 0.15) is 0 Å². The van der Waals surface area contributed by atoms with E-state index < -0.39 is 11.7 Å². The van der Waals surface area contributed by atoms with Gasteiger partial charge in [0, 0.05) is 49.8 Å². The molecular weight excluding hydrogens is 326 g/mol. The Kier molecular flexibility index (Phi) is 5.28. The standard InChI is InChI=1S/C17H23N3O3S/c1-19-6-2-3-14(19)15(21)16(22)18-13-5-4-12(11-13)17(23)20-7-9-24-10-8-20/h2-3,6,12-13H,4-5,7-11H2,1H3,(H,18,22)/t12-,13+/m0/s1. The molecule has 2 amide bonds. The molecule has 1 aliphatic heterocycles. The summed E-state index contributed by atoms with van der Waals surface area (Å²) in [6.07, 6.45) is 3.91. The molecule has 0 aromatic carbocycles. The Morgan fingerprint density at radius 3 is 2.62 bits per heavy atom. The van der Waals surface area contributed by atoms with E-state index in [9.17, 15) is 14.4 Å². The lowest BCUT2D eigenvalue weighted by atomic mass is 10.1. The minimum absolute atomic E-state index is 0.0245. The molecule has 1 aromatic rings. The summed E-state index contributed by atoms with van der Waals surface area (Å²) >= 11 is 1.88. The molecule has 6 nitrogen and oxygen atoms in total. The summed E-state index contributed by atoms with van der Waals surface area (Å²) in [6.45, 7) is 1.64. The van der Waals surface area contributed by atoms with Crippen molar-refractivity contribution in [2.45, 2.75) is 25.3 Å². The van der Waals surface area contributed by atoms with Crippen molar-refractivity contribution in [3.8, 4) is 0 Å². The van der Waals surface area contributed by atoms with E-state index in [1.165, 1.54) is 0 Å². The molecule has 2 atom stereocenters. The van der Waals surface area contributed by atoms with Crippen LogP contribution in [0.1, 0.15) is 29.8 Å². The van der Waals surface area contributed by atoms with Crippen LogP contribution in [0.15, 0.2) is 18.3 Å². The average molecular weight is 349 g/mol. The molecule has 3 rings (SSSR count). The fourth-order valence-electron chi connectivity index (χ4n) is 3.44. The zero-order valence-electron chi connectivity index (χ0n) is 13.9. The van der Waals surface area contributed by atoms with Crippen LogP contribution >= 0.6 is 11.8 Å². The van der Waals surface area contributed by atoms with Crippen LogP contribution in [-0.4, -0.2) is 57.7 Å². The van der Waals surface area contributed by atoms with Crippen LogP contribution in [0, 0.1) is 5.92 Å². The summed E-state index contributed by atoms with van der Waals surface area (Å²) in [5.74, 6) is 1.09. The van der Waals surface area contributed by atoms with Gasteiger partial charge in [0.15, 0.2) is 0 Å². The van der Waals surface area contributed by atoms with Gasteiger partial charge >= 0.3 is 0 Å². The lowest BCUT2D eigenvalue weighted by molar-refractivity contribution is -0.135. The van der Waals surface area contributed by atoms with Crippen LogP contribution in [0.4, 0.5) is 0 Å². The molecule has 0 spiro atoms. The molecule has 130 valence electrons. The van der Waals surface area contributed by atoms with Gasteiger partial charge < -0.3 is 14.8 Å². The molecule has 7 heteroatoms. The number of aromatic nitrogens is 1. The van der Waals surface area contributed by atoms with Gasteiger partial charge in [-0.25, -0.2) is 0 Å². The number of rotatable bonds is 4. The van der Waals surface area contributed by atoms with Crippen LogP contribution in [0.5, 0.6) is 0 Å². The Bertz CT molecular complexity index is 637. The zero-order chi connectivity index (χ0) is 17.1. The summed E-state index contributed by atoms with van der Waals surface area (Å²) < 4.78 is 1.64. The third kappa shape index (κ3) is 3.66. The van der Waals surface area contributed by atoms with Gasteiger partial charge in [0.05, 0.1) is 5.69 Å². The molecular formula is C17H23N3O3S. The molecule has 2 heterocycles. The van der Waals surface area contributed by atoms with Crippen molar-refractivity contribution in [3.05, 3.63) is 24.0 Å². The second-order valence-electron chi connectivity index (χ2n) is 6.45. The Balaban J connectivity index is 1.52. The van der Waals surface area contributed by atoms with Crippen molar-refractivity contribution in [2.24, 2.45) is 13.0 Å². The molecule has 0 unspecified atom stereocenters. The smallest absolute Gasteiger partial charge is 0.294 e. The van der Waals surface area contributed by atoms with Crippen molar-refractivity contribution < 1.29 is 14.4 Å². The number of ketones is 1. The topological polar surface area (TPSA) is 71.4 Å². The van der Waals surface area contributed by atoms with Crippen molar-refractivity contribution in [1.82, 2.24) is 14.8 Å². The highest BCUT2D eigenvalue weighted by molar-refractivity contribution is 7.99. The predicted molar refractivity (Wildman–Crippen MR) is 92.9 cm³/mol. The van der Waals surface area contributed by atoms with E-state index in [2.05, 4.69) is 5.32 Å². The lowest BCUT2D eigenvalue weighted by Gasteiger charge is -2.29. The molecule has 1 saturated heterocycles. The molecule has 0 radical (unpaired) electrons. The minimum Gasteiger partial charge on any atom is -0.348 e. The number of hydrogen-bond donors (Lipinski definition) is 1. The monoisotopic (exact) mass is 349 g/mol. The quantitative estimate of drug-likeness (QED) is 0.652. The summed E-state index contributed by atoms with van der Waals surface area (Å²) in [5.41, 5.74) is 0.379. The van der Waals surface area contributed by atoms with Crippen molar-refractivity contribution in [1.29, 1.82) is 0 Å². The maximum atomic E-state index is 12.5. The highest BCUT2D eigenvalue weighted by atomic mass is 32.2. The largest absolute Gasteiger partial charge is 0.348 e. The summed E-state index contributed by atoms with van der Waals surface area (Å²) in [5, 5.41) is 2.81. The molecule has 1 N–H and O–H groups in total. The second-order valence-corrected chi connectivity index (χ2v) is 7.68. The van der Waals surface area contributed by atoms with Crippen LogP contribution in [0.3, 0.4) is 0 Å². The zero-order valence-corrected chi connectivity index (χ0v) is 14.7. The summed E-state index contributed by atoms with van der Waals surface area (Å²) in [4.78, 5) is 38.8. The van der Waals surface area contributed by atoms with Crippen LogP contribution in [0.2, 0.25) is 0 Å². The van der Waals surface area contributed by atoms with Gasteiger partial charge in [-0.3, -0.25) is 14.4 Å². The van der Waals surface area contributed by atoms with Crippen molar-refractivity contribution >= 4 is 29.4 Å². The molecule has 24 heavy (non-hydrogen) atoms. The third-order valence-corrected chi connectivity index (χ3v) is 5.76. The Labute approximate surface area is 146 Å². The van der Waals surface area contributed by atoms with Gasteiger partial charge in [-0.05, 0) is 31.4 Å². The van der Waals surface area contributed by atoms with E-state index in [-0.39, 0.29) is 17.9 Å². The maximum Gasteiger partial charge on any atom is 0.294 e. The second kappa shape index (κ2) is 7.42. The lowest BCUT2D eigenvalue weighted by Crippen LogP contribution is -2.42. The van der Waals surface area contributed by atoms with E-state index in [0.29, 0.717) is 12.1 Å². The van der Waals surface area contributed by atoms with Crippen molar-refractivity contribution in [2.75, 3.05) is 24.6 Å². The Morgan fingerprint density at radius 2 is 1.96 bits per heavy atom. The van der Waals surface area contributed by atoms with Gasteiger partial charge in [-0.2, -0.15) is 11.8 Å². The van der Waals surface area contributed by atoms with Gasteiger partial charge in [0.25, 0.3) is 11.7 Å². The summed E-state index contributed by atoms with van der Waals surface area (Å²) in [7, 11) is 1.74. The SMILES string of the molecule is Cn1cccc1C(=O)C(=O)N[C@@H]1CC[C@H](C(=O)N2CCSCC2)C1. The fraction of sp³-hybridized carbons (Fsp3) is 0.588. The highest BCUT2D eigenvalue weighted by Crippen LogP contribution is 2.28. The van der Waals surface area contributed by atoms with E-state index in [0.717, 1.165) is 37.4 Å². The molecule has 1 saturated carbocycles. The molecule has 2 aliphatic rings.